The third kappa shape index (κ3) is 5.88. The molecule has 2 aromatic carbocycles. The first-order valence-corrected chi connectivity index (χ1v) is 11.6. The predicted octanol–water partition coefficient (Wildman–Crippen LogP) is 5.42. The predicted molar refractivity (Wildman–Crippen MR) is 130 cm³/mol. The van der Waals surface area contributed by atoms with Crippen LogP contribution in [0.15, 0.2) is 72.2 Å². The second-order valence-electron chi connectivity index (χ2n) is 7.11. The minimum absolute atomic E-state index is 0.208. The Bertz CT molecular complexity index is 1230. The highest BCUT2D eigenvalue weighted by Crippen LogP contribution is 2.34. The van der Waals surface area contributed by atoms with E-state index < -0.39 is 0 Å². The van der Waals surface area contributed by atoms with Gasteiger partial charge in [-0.1, -0.05) is 35.9 Å². The van der Waals surface area contributed by atoms with Gasteiger partial charge in [0.05, 0.1) is 7.11 Å². The van der Waals surface area contributed by atoms with Crippen molar-refractivity contribution in [2.24, 2.45) is 0 Å². The lowest BCUT2D eigenvalue weighted by atomic mass is 10.2. The highest BCUT2D eigenvalue weighted by Gasteiger charge is 2.14. The Morgan fingerprint density at radius 2 is 1.94 bits per heavy atom. The molecule has 33 heavy (non-hydrogen) atoms. The summed E-state index contributed by atoms with van der Waals surface area (Å²) in [5.74, 6) is 0.974. The summed E-state index contributed by atoms with van der Waals surface area (Å²) < 4.78 is 11.4. The van der Waals surface area contributed by atoms with Crippen LogP contribution >= 0.6 is 22.9 Å². The number of hydrogen-bond acceptors (Lipinski definition) is 6. The van der Waals surface area contributed by atoms with Crippen LogP contribution in [-0.4, -0.2) is 29.5 Å². The molecule has 2 heterocycles. The molecule has 2 aromatic heterocycles. The van der Waals surface area contributed by atoms with E-state index in [2.05, 4.69) is 15.3 Å². The molecule has 0 fully saturated rings. The van der Waals surface area contributed by atoms with E-state index in [-0.39, 0.29) is 5.91 Å². The lowest BCUT2D eigenvalue weighted by molar-refractivity contribution is 0.0950. The van der Waals surface area contributed by atoms with Crippen molar-refractivity contribution in [3.8, 4) is 22.1 Å². The fourth-order valence-electron chi connectivity index (χ4n) is 3.14. The van der Waals surface area contributed by atoms with Gasteiger partial charge in [0.1, 0.15) is 17.3 Å². The van der Waals surface area contributed by atoms with Crippen LogP contribution in [0.5, 0.6) is 11.5 Å². The number of halogens is 1. The van der Waals surface area contributed by atoms with Gasteiger partial charge >= 0.3 is 0 Å². The molecular formula is C25H22ClN3O3S. The number of aromatic nitrogens is 2. The molecule has 0 aliphatic rings. The third-order valence-corrected chi connectivity index (χ3v) is 6.14. The van der Waals surface area contributed by atoms with Gasteiger partial charge in [-0.05, 0) is 36.4 Å². The van der Waals surface area contributed by atoms with E-state index >= 15 is 0 Å². The fourth-order valence-corrected chi connectivity index (χ4v) is 4.13. The maximum atomic E-state index is 12.5. The summed E-state index contributed by atoms with van der Waals surface area (Å²) in [6.45, 7) is 0.823. The van der Waals surface area contributed by atoms with Crippen molar-refractivity contribution in [1.29, 1.82) is 0 Å². The number of pyridine rings is 1. The van der Waals surface area contributed by atoms with Gasteiger partial charge in [-0.15, -0.1) is 11.3 Å². The molecule has 4 aromatic rings. The molecule has 0 saturated carbocycles. The molecule has 0 atom stereocenters. The molecule has 0 bridgehead atoms. The molecule has 168 valence electrons. The Labute approximate surface area is 201 Å². The van der Waals surface area contributed by atoms with Crippen LogP contribution in [0.1, 0.15) is 21.7 Å². The van der Waals surface area contributed by atoms with Gasteiger partial charge in [-0.25, -0.2) is 4.98 Å². The quantitative estimate of drug-likeness (QED) is 0.347. The monoisotopic (exact) mass is 479 g/mol. The maximum Gasteiger partial charge on any atom is 0.270 e. The van der Waals surface area contributed by atoms with Crippen molar-refractivity contribution in [1.82, 2.24) is 15.3 Å². The molecule has 8 heteroatoms. The second kappa shape index (κ2) is 10.9. The second-order valence-corrected chi connectivity index (χ2v) is 8.38. The van der Waals surface area contributed by atoms with Crippen molar-refractivity contribution in [3.63, 3.8) is 0 Å². The number of amides is 1. The summed E-state index contributed by atoms with van der Waals surface area (Å²) in [6.07, 6.45) is 2.40. The minimum atomic E-state index is -0.208. The molecule has 4 rings (SSSR count). The van der Waals surface area contributed by atoms with Crippen LogP contribution in [0, 0.1) is 0 Å². The van der Waals surface area contributed by atoms with Gasteiger partial charge < -0.3 is 14.8 Å². The summed E-state index contributed by atoms with van der Waals surface area (Å²) >= 11 is 7.61. The van der Waals surface area contributed by atoms with Gasteiger partial charge in [0.2, 0.25) is 0 Å². The normalized spacial score (nSPS) is 10.6. The number of benzene rings is 2. The van der Waals surface area contributed by atoms with Gasteiger partial charge in [0.15, 0.2) is 11.5 Å². The van der Waals surface area contributed by atoms with E-state index in [1.165, 1.54) is 11.3 Å². The number of rotatable bonds is 9. The fraction of sp³-hybridized carbons (Fsp3) is 0.160. The molecule has 0 aliphatic carbocycles. The van der Waals surface area contributed by atoms with Crippen LogP contribution in [0.2, 0.25) is 5.02 Å². The summed E-state index contributed by atoms with van der Waals surface area (Å²) in [4.78, 5) is 21.2. The van der Waals surface area contributed by atoms with E-state index in [1.54, 1.807) is 18.7 Å². The molecule has 0 saturated heterocycles. The van der Waals surface area contributed by atoms with Crippen molar-refractivity contribution in [3.05, 3.63) is 94.2 Å². The number of thiazole rings is 1. The topological polar surface area (TPSA) is 73.3 Å². The van der Waals surface area contributed by atoms with E-state index in [9.17, 15) is 4.79 Å². The van der Waals surface area contributed by atoms with Gasteiger partial charge in [0.25, 0.3) is 5.91 Å². The first-order chi connectivity index (χ1) is 16.1. The van der Waals surface area contributed by atoms with Crippen molar-refractivity contribution in [2.45, 2.75) is 13.0 Å². The Balaban J connectivity index is 1.39. The molecule has 0 unspecified atom stereocenters. The van der Waals surface area contributed by atoms with Crippen LogP contribution in [0.3, 0.4) is 0 Å². The first-order valence-electron chi connectivity index (χ1n) is 10.3. The number of methoxy groups -OCH3 is 1. The van der Waals surface area contributed by atoms with Crippen LogP contribution < -0.4 is 14.8 Å². The van der Waals surface area contributed by atoms with E-state index in [4.69, 9.17) is 21.1 Å². The smallest absolute Gasteiger partial charge is 0.270 e. The third-order valence-electron chi connectivity index (χ3n) is 4.88. The summed E-state index contributed by atoms with van der Waals surface area (Å²) in [5.41, 5.74) is 3.05. The summed E-state index contributed by atoms with van der Waals surface area (Å²) in [6, 6.07) is 18.8. The highest BCUT2D eigenvalue weighted by atomic mass is 35.5. The number of ether oxygens (including phenoxy) is 2. The van der Waals surface area contributed by atoms with Crippen molar-refractivity contribution in [2.75, 3.05) is 13.7 Å². The van der Waals surface area contributed by atoms with Crippen LogP contribution in [-0.2, 0) is 13.0 Å². The zero-order valence-electron chi connectivity index (χ0n) is 18.0. The van der Waals surface area contributed by atoms with Crippen LogP contribution in [0.4, 0.5) is 0 Å². The van der Waals surface area contributed by atoms with Crippen molar-refractivity contribution < 1.29 is 14.3 Å². The number of hydrogen-bond donors (Lipinski definition) is 1. The first kappa shape index (κ1) is 22.8. The molecule has 1 N–H and O–H groups in total. The number of carbonyl (C=O) groups is 1. The van der Waals surface area contributed by atoms with Gasteiger partial charge in [0, 0.05) is 46.4 Å². The lowest BCUT2D eigenvalue weighted by Gasteiger charge is -2.12. The Morgan fingerprint density at radius 1 is 1.09 bits per heavy atom. The average molecular weight is 480 g/mol. The standard InChI is InChI=1S/C25H22ClN3O3S/c1-31-23-14-17(9-10-22(23)32-15-18-6-2-3-8-20(18)26)25-29-21(16-33-25)24(30)28-13-11-19-7-4-5-12-27-19/h2-10,12,14,16H,11,13,15H2,1H3,(H,28,30). The lowest BCUT2D eigenvalue weighted by Crippen LogP contribution is -2.26. The van der Waals surface area contributed by atoms with E-state index in [0.29, 0.717) is 41.8 Å². The Morgan fingerprint density at radius 3 is 2.73 bits per heavy atom. The maximum absolute atomic E-state index is 12.5. The minimum Gasteiger partial charge on any atom is -0.493 e. The van der Waals surface area contributed by atoms with Crippen molar-refractivity contribution >= 4 is 28.8 Å². The zero-order chi connectivity index (χ0) is 23.0. The zero-order valence-corrected chi connectivity index (χ0v) is 19.5. The molecule has 0 aliphatic heterocycles. The van der Waals surface area contributed by atoms with Gasteiger partial charge in [-0.3, -0.25) is 9.78 Å². The Hall–Kier alpha value is -3.42. The SMILES string of the molecule is COc1cc(-c2nc(C(=O)NCCc3ccccn3)cs2)ccc1OCc1ccccc1Cl. The number of carbonyl (C=O) groups excluding carboxylic acids is 1. The van der Waals surface area contributed by atoms with Crippen LogP contribution in [0.25, 0.3) is 10.6 Å². The molecule has 0 radical (unpaired) electrons. The Kier molecular flexibility index (Phi) is 7.55. The van der Waals surface area contributed by atoms with E-state index in [1.807, 2.05) is 60.7 Å². The highest BCUT2D eigenvalue weighted by molar-refractivity contribution is 7.13. The molecule has 6 nitrogen and oxygen atoms in total. The van der Waals surface area contributed by atoms with E-state index in [0.717, 1.165) is 21.8 Å². The molecule has 1 amide bonds. The largest absolute Gasteiger partial charge is 0.493 e. The summed E-state index contributed by atoms with van der Waals surface area (Å²) in [5, 5.41) is 6.02. The average Bonchev–Trinajstić information content (AvgIpc) is 3.35. The molecular weight excluding hydrogens is 458 g/mol. The molecule has 0 spiro atoms. The van der Waals surface area contributed by atoms with Gasteiger partial charge in [-0.2, -0.15) is 0 Å². The number of nitrogens with one attached hydrogen (secondary N) is 1. The number of nitrogens with zero attached hydrogens (tertiary/aromatic N) is 2. The summed E-state index contributed by atoms with van der Waals surface area (Å²) in [7, 11) is 1.59.